The van der Waals surface area contributed by atoms with Gasteiger partial charge < -0.3 is 0 Å². The maximum absolute atomic E-state index is 12.4. The van der Waals surface area contributed by atoms with Crippen LogP contribution in [-0.4, -0.2) is 41.4 Å². The summed E-state index contributed by atoms with van der Waals surface area (Å²) in [7, 11) is 0. The van der Waals surface area contributed by atoms with Crippen molar-refractivity contribution < 1.29 is 9.59 Å². The molecule has 6 heteroatoms. The average Bonchev–Trinajstić information content (AvgIpc) is 2.65. The number of piperidine rings is 1. The summed E-state index contributed by atoms with van der Waals surface area (Å²) in [6, 6.07) is 2.97. The van der Waals surface area contributed by atoms with Crippen molar-refractivity contribution in [2.24, 2.45) is 5.92 Å². The molecule has 0 radical (unpaired) electrons. The lowest BCUT2D eigenvalue weighted by atomic mass is 10.0. The molecule has 21 heavy (non-hydrogen) atoms. The first-order chi connectivity index (χ1) is 9.97. The predicted octanol–water partition coefficient (Wildman–Crippen LogP) is 3.28. The molecule has 0 unspecified atom stereocenters. The Morgan fingerprint density at radius 3 is 2.24 bits per heavy atom. The lowest BCUT2D eigenvalue weighted by Crippen LogP contribution is -2.45. The summed E-state index contributed by atoms with van der Waals surface area (Å²) >= 11 is 11.9. The molecule has 2 heterocycles. The van der Waals surface area contributed by atoms with Gasteiger partial charge in [-0.25, -0.2) is 0 Å². The van der Waals surface area contributed by atoms with Crippen LogP contribution in [0.1, 0.15) is 40.5 Å². The van der Waals surface area contributed by atoms with Crippen LogP contribution in [0.3, 0.4) is 0 Å². The zero-order chi connectivity index (χ0) is 15.1. The molecule has 1 atom stereocenters. The van der Waals surface area contributed by atoms with Gasteiger partial charge in [-0.2, -0.15) is 0 Å². The molecule has 0 aromatic heterocycles. The van der Waals surface area contributed by atoms with Gasteiger partial charge in [0.1, 0.15) is 0 Å². The third-order valence-electron chi connectivity index (χ3n) is 4.09. The van der Waals surface area contributed by atoms with E-state index >= 15 is 0 Å². The van der Waals surface area contributed by atoms with Gasteiger partial charge >= 0.3 is 0 Å². The first-order valence-corrected chi connectivity index (χ1v) is 7.80. The molecule has 0 spiro atoms. The highest BCUT2D eigenvalue weighted by Crippen LogP contribution is 2.31. The number of amides is 2. The van der Waals surface area contributed by atoms with Crippen molar-refractivity contribution in [1.82, 2.24) is 9.80 Å². The van der Waals surface area contributed by atoms with Crippen LogP contribution in [0.2, 0.25) is 10.0 Å². The van der Waals surface area contributed by atoms with Crippen LogP contribution < -0.4 is 0 Å². The SMILES string of the molecule is C[C@H]1CCCN(CN2C(=O)c3cc(Cl)c(Cl)cc3C2=O)C1. The second kappa shape index (κ2) is 5.59. The number of hydrogen-bond acceptors (Lipinski definition) is 3. The molecule has 112 valence electrons. The number of carbonyl (C=O) groups excluding carboxylic acids is 2. The topological polar surface area (TPSA) is 40.6 Å². The smallest absolute Gasteiger partial charge is 0.262 e. The molecule has 0 saturated carbocycles. The highest BCUT2D eigenvalue weighted by Gasteiger charge is 2.37. The van der Waals surface area contributed by atoms with Crippen molar-refractivity contribution in [3.8, 4) is 0 Å². The van der Waals surface area contributed by atoms with Gasteiger partial charge in [-0.1, -0.05) is 30.1 Å². The molecule has 3 rings (SSSR count). The van der Waals surface area contributed by atoms with Crippen LogP contribution in [0.5, 0.6) is 0 Å². The Morgan fingerprint density at radius 2 is 1.71 bits per heavy atom. The van der Waals surface area contributed by atoms with Crippen LogP contribution in [0.15, 0.2) is 12.1 Å². The Morgan fingerprint density at radius 1 is 1.14 bits per heavy atom. The van der Waals surface area contributed by atoms with Crippen LogP contribution in [0, 0.1) is 5.92 Å². The number of carbonyl (C=O) groups is 2. The molecule has 0 bridgehead atoms. The Labute approximate surface area is 133 Å². The summed E-state index contributed by atoms with van der Waals surface area (Å²) in [6.45, 7) is 4.36. The molecule has 0 N–H and O–H groups in total. The van der Waals surface area contributed by atoms with Gasteiger partial charge in [0.15, 0.2) is 0 Å². The van der Waals surface area contributed by atoms with Crippen LogP contribution in [0.4, 0.5) is 0 Å². The van der Waals surface area contributed by atoms with Gasteiger partial charge in [0, 0.05) is 6.54 Å². The van der Waals surface area contributed by atoms with E-state index in [-0.39, 0.29) is 11.8 Å². The molecule has 1 saturated heterocycles. The minimum Gasteiger partial charge on any atom is -0.285 e. The van der Waals surface area contributed by atoms with Crippen molar-refractivity contribution in [1.29, 1.82) is 0 Å². The van der Waals surface area contributed by atoms with Crippen LogP contribution in [-0.2, 0) is 0 Å². The number of fused-ring (bicyclic) bond motifs is 1. The van der Waals surface area contributed by atoms with Crippen molar-refractivity contribution in [3.63, 3.8) is 0 Å². The van der Waals surface area contributed by atoms with E-state index in [9.17, 15) is 9.59 Å². The van der Waals surface area contributed by atoms with E-state index in [0.717, 1.165) is 19.5 Å². The number of nitrogens with zero attached hydrogens (tertiary/aromatic N) is 2. The summed E-state index contributed by atoms with van der Waals surface area (Å²) in [5.74, 6) is 0.0245. The number of likely N-dealkylation sites (tertiary alicyclic amines) is 1. The van der Waals surface area contributed by atoms with Crippen molar-refractivity contribution in [2.45, 2.75) is 19.8 Å². The minimum atomic E-state index is -0.285. The lowest BCUT2D eigenvalue weighted by molar-refractivity contribution is 0.0488. The highest BCUT2D eigenvalue weighted by atomic mass is 35.5. The number of halogens is 2. The van der Waals surface area contributed by atoms with Crippen molar-refractivity contribution in [2.75, 3.05) is 19.8 Å². The van der Waals surface area contributed by atoms with Crippen molar-refractivity contribution in [3.05, 3.63) is 33.3 Å². The molecule has 2 aliphatic rings. The number of imide groups is 1. The minimum absolute atomic E-state index is 0.285. The molecule has 2 amide bonds. The summed E-state index contributed by atoms with van der Waals surface area (Å²) in [6.07, 6.45) is 2.30. The zero-order valence-corrected chi connectivity index (χ0v) is 13.2. The molecular formula is C15H16Cl2N2O2. The van der Waals surface area contributed by atoms with Gasteiger partial charge in [-0.15, -0.1) is 0 Å². The molecule has 1 aromatic carbocycles. The molecule has 4 nitrogen and oxygen atoms in total. The van der Waals surface area contributed by atoms with Crippen LogP contribution in [0.25, 0.3) is 0 Å². The second-order valence-electron chi connectivity index (χ2n) is 5.82. The quantitative estimate of drug-likeness (QED) is 0.783. The molecule has 2 aliphatic heterocycles. The second-order valence-corrected chi connectivity index (χ2v) is 6.63. The van der Waals surface area contributed by atoms with Gasteiger partial charge in [0.25, 0.3) is 11.8 Å². The number of rotatable bonds is 2. The largest absolute Gasteiger partial charge is 0.285 e. The maximum Gasteiger partial charge on any atom is 0.262 e. The highest BCUT2D eigenvalue weighted by molar-refractivity contribution is 6.43. The normalized spacial score (nSPS) is 22.8. The fourth-order valence-corrected chi connectivity index (χ4v) is 3.35. The lowest BCUT2D eigenvalue weighted by Gasteiger charge is -2.33. The number of hydrogen-bond donors (Lipinski definition) is 0. The molecule has 1 aromatic rings. The summed E-state index contributed by atoms with van der Waals surface area (Å²) in [4.78, 5) is 28.2. The summed E-state index contributed by atoms with van der Waals surface area (Å²) in [5.41, 5.74) is 0.693. The summed E-state index contributed by atoms with van der Waals surface area (Å²) < 4.78 is 0. The van der Waals surface area contributed by atoms with Gasteiger partial charge in [0.05, 0.1) is 27.8 Å². The van der Waals surface area contributed by atoms with Gasteiger partial charge in [-0.3, -0.25) is 19.4 Å². The van der Waals surface area contributed by atoms with Crippen molar-refractivity contribution >= 4 is 35.0 Å². The van der Waals surface area contributed by atoms with E-state index in [1.54, 1.807) is 0 Å². The maximum atomic E-state index is 12.4. The van der Waals surface area contributed by atoms with E-state index in [2.05, 4.69) is 11.8 Å². The number of benzene rings is 1. The van der Waals surface area contributed by atoms with Gasteiger partial charge in [-0.05, 0) is 37.4 Å². The van der Waals surface area contributed by atoms with E-state index in [0.29, 0.717) is 33.8 Å². The van der Waals surface area contributed by atoms with E-state index in [4.69, 9.17) is 23.2 Å². The fraction of sp³-hybridized carbons (Fsp3) is 0.467. The molecular weight excluding hydrogens is 311 g/mol. The molecule has 0 aliphatic carbocycles. The third-order valence-corrected chi connectivity index (χ3v) is 4.82. The Bertz CT molecular complexity index is 577. The van der Waals surface area contributed by atoms with E-state index in [1.165, 1.54) is 23.5 Å². The predicted molar refractivity (Wildman–Crippen MR) is 81.8 cm³/mol. The van der Waals surface area contributed by atoms with Gasteiger partial charge in [0.2, 0.25) is 0 Å². The Hall–Kier alpha value is -1.10. The first-order valence-electron chi connectivity index (χ1n) is 7.05. The third kappa shape index (κ3) is 2.68. The van der Waals surface area contributed by atoms with E-state index < -0.39 is 0 Å². The fourth-order valence-electron chi connectivity index (χ4n) is 3.03. The molecule has 1 fully saturated rings. The first kappa shape index (κ1) is 14.8. The monoisotopic (exact) mass is 326 g/mol. The average molecular weight is 327 g/mol. The summed E-state index contributed by atoms with van der Waals surface area (Å²) in [5, 5.41) is 0.593. The Balaban J connectivity index is 1.83. The zero-order valence-electron chi connectivity index (χ0n) is 11.7. The standard InChI is InChI=1S/C15H16Cl2N2O2/c1-9-3-2-4-18(7-9)8-19-14(20)10-5-12(16)13(17)6-11(10)15(19)21/h5-6,9H,2-4,7-8H2,1H3/t9-/m0/s1. The Kier molecular flexibility index (Phi) is 3.95. The van der Waals surface area contributed by atoms with Crippen LogP contribution >= 0.6 is 23.2 Å². The van der Waals surface area contributed by atoms with E-state index in [1.807, 2.05) is 0 Å².